The number of rotatable bonds is 4. The van der Waals surface area contributed by atoms with Crippen molar-refractivity contribution in [1.29, 1.82) is 0 Å². The van der Waals surface area contributed by atoms with Gasteiger partial charge in [0.2, 0.25) is 10.0 Å². The first-order valence-corrected chi connectivity index (χ1v) is 9.19. The average Bonchev–Trinajstić information content (AvgIpc) is 2.46. The third-order valence-corrected chi connectivity index (χ3v) is 6.68. The predicted octanol–water partition coefficient (Wildman–Crippen LogP) is 3.99. The molecular weight excluding hydrogens is 420 g/mol. The Bertz CT molecular complexity index is 736. The van der Waals surface area contributed by atoms with Gasteiger partial charge in [-0.3, -0.25) is 4.98 Å². The summed E-state index contributed by atoms with van der Waals surface area (Å²) in [5, 5.41) is 0. The lowest BCUT2D eigenvalue weighted by atomic mass is 10.1. The first-order chi connectivity index (χ1) is 9.84. The van der Waals surface area contributed by atoms with Gasteiger partial charge in [-0.25, -0.2) is 8.42 Å². The quantitative estimate of drug-likeness (QED) is 0.732. The molecule has 0 spiro atoms. The maximum Gasteiger partial charge on any atom is 0.244 e. The van der Waals surface area contributed by atoms with Crippen molar-refractivity contribution in [3.63, 3.8) is 0 Å². The van der Waals surface area contributed by atoms with Gasteiger partial charge in [-0.1, -0.05) is 15.9 Å². The van der Waals surface area contributed by atoms with E-state index in [1.54, 1.807) is 37.6 Å². The van der Waals surface area contributed by atoms with E-state index in [9.17, 15) is 8.42 Å². The molecule has 1 aromatic carbocycles. The summed E-state index contributed by atoms with van der Waals surface area (Å²) in [6, 6.07) is 8.36. The summed E-state index contributed by atoms with van der Waals surface area (Å²) < 4.78 is 28.2. The van der Waals surface area contributed by atoms with E-state index in [4.69, 9.17) is 0 Å². The summed E-state index contributed by atoms with van der Waals surface area (Å²) >= 11 is 6.63. The number of halogens is 2. The van der Waals surface area contributed by atoms with E-state index >= 15 is 0 Å². The molecule has 21 heavy (non-hydrogen) atoms. The van der Waals surface area contributed by atoms with Crippen molar-refractivity contribution < 1.29 is 8.42 Å². The fourth-order valence-electron chi connectivity index (χ4n) is 1.90. The van der Waals surface area contributed by atoms with Gasteiger partial charge in [0, 0.05) is 34.4 Å². The molecule has 2 aromatic rings. The summed E-state index contributed by atoms with van der Waals surface area (Å²) in [6.07, 6.45) is 3.31. The molecule has 7 heteroatoms. The number of sulfonamides is 1. The molecule has 112 valence electrons. The van der Waals surface area contributed by atoms with Crippen LogP contribution in [-0.4, -0.2) is 24.8 Å². The minimum atomic E-state index is -3.59. The lowest BCUT2D eigenvalue weighted by Crippen LogP contribution is -2.30. The molecule has 0 aliphatic rings. The Morgan fingerprint density at radius 3 is 2.33 bits per heavy atom. The first-order valence-electron chi connectivity index (χ1n) is 6.17. The Kier molecular flexibility index (Phi) is 5.19. The van der Waals surface area contributed by atoms with Crippen LogP contribution in [0.1, 0.15) is 18.5 Å². The molecule has 0 aliphatic carbocycles. The molecule has 0 saturated heterocycles. The van der Waals surface area contributed by atoms with Gasteiger partial charge >= 0.3 is 0 Å². The molecule has 1 heterocycles. The molecule has 1 unspecified atom stereocenters. The van der Waals surface area contributed by atoms with Crippen LogP contribution in [0.15, 0.2) is 56.6 Å². The summed E-state index contributed by atoms with van der Waals surface area (Å²) in [5.74, 6) is 0. The number of pyridine rings is 1. The largest absolute Gasteiger partial charge is 0.265 e. The van der Waals surface area contributed by atoms with Gasteiger partial charge in [-0.15, -0.1) is 0 Å². The van der Waals surface area contributed by atoms with Crippen molar-refractivity contribution >= 4 is 41.9 Å². The summed E-state index contributed by atoms with van der Waals surface area (Å²) in [4.78, 5) is 4.20. The van der Waals surface area contributed by atoms with Gasteiger partial charge in [0.15, 0.2) is 0 Å². The van der Waals surface area contributed by atoms with E-state index in [0.29, 0.717) is 4.47 Å². The summed E-state index contributed by atoms with van der Waals surface area (Å²) in [7, 11) is -2.01. The van der Waals surface area contributed by atoms with Crippen molar-refractivity contribution in [2.45, 2.75) is 17.9 Å². The van der Waals surface area contributed by atoms with Crippen molar-refractivity contribution in [2.24, 2.45) is 0 Å². The predicted molar refractivity (Wildman–Crippen MR) is 89.4 cm³/mol. The smallest absolute Gasteiger partial charge is 0.244 e. The molecule has 0 saturated carbocycles. The molecule has 1 aromatic heterocycles. The van der Waals surface area contributed by atoms with E-state index in [2.05, 4.69) is 36.8 Å². The lowest BCUT2D eigenvalue weighted by molar-refractivity contribution is 0.398. The summed E-state index contributed by atoms with van der Waals surface area (Å²) in [6.45, 7) is 1.85. The maximum absolute atomic E-state index is 12.7. The second kappa shape index (κ2) is 6.56. The van der Waals surface area contributed by atoms with Crippen LogP contribution >= 0.6 is 31.9 Å². The van der Waals surface area contributed by atoms with E-state index in [1.807, 2.05) is 19.1 Å². The van der Waals surface area contributed by atoms with Gasteiger partial charge in [0.1, 0.15) is 0 Å². The second-order valence-corrected chi connectivity index (χ2v) is 8.29. The van der Waals surface area contributed by atoms with Gasteiger partial charge in [0.05, 0.1) is 4.90 Å². The molecule has 0 amide bonds. The number of nitrogens with zero attached hydrogens (tertiary/aromatic N) is 2. The average molecular weight is 434 g/mol. The number of hydrogen-bond acceptors (Lipinski definition) is 3. The molecule has 0 fully saturated rings. The Labute approximate surface area is 141 Å². The third kappa shape index (κ3) is 3.53. The highest BCUT2D eigenvalue weighted by Gasteiger charge is 2.28. The second-order valence-electron chi connectivity index (χ2n) is 4.55. The highest BCUT2D eigenvalue weighted by atomic mass is 79.9. The minimum Gasteiger partial charge on any atom is -0.265 e. The number of benzene rings is 1. The molecule has 0 bridgehead atoms. The van der Waals surface area contributed by atoms with Crippen LogP contribution < -0.4 is 0 Å². The van der Waals surface area contributed by atoms with Crippen LogP contribution in [0.2, 0.25) is 0 Å². The van der Waals surface area contributed by atoms with E-state index in [0.717, 1.165) is 10.0 Å². The van der Waals surface area contributed by atoms with E-state index in [1.165, 1.54) is 4.31 Å². The highest BCUT2D eigenvalue weighted by molar-refractivity contribution is 9.11. The van der Waals surface area contributed by atoms with Crippen molar-refractivity contribution in [3.05, 3.63) is 57.2 Å². The Morgan fingerprint density at radius 1 is 1.14 bits per heavy atom. The maximum atomic E-state index is 12.7. The van der Waals surface area contributed by atoms with Crippen LogP contribution in [0.3, 0.4) is 0 Å². The van der Waals surface area contributed by atoms with E-state index in [-0.39, 0.29) is 10.9 Å². The van der Waals surface area contributed by atoms with Crippen molar-refractivity contribution in [1.82, 2.24) is 9.29 Å². The SMILES string of the molecule is CC(c1ccncc1)N(C)S(=O)(=O)c1ccc(Br)cc1Br. The third-order valence-electron chi connectivity index (χ3n) is 3.28. The van der Waals surface area contributed by atoms with Gasteiger partial charge in [-0.2, -0.15) is 4.31 Å². The highest BCUT2D eigenvalue weighted by Crippen LogP contribution is 2.31. The fourth-order valence-corrected chi connectivity index (χ4v) is 4.95. The van der Waals surface area contributed by atoms with Crippen LogP contribution in [0, 0.1) is 0 Å². The molecule has 0 aliphatic heterocycles. The van der Waals surface area contributed by atoms with Gasteiger partial charge in [-0.05, 0) is 58.7 Å². The Morgan fingerprint density at radius 2 is 1.76 bits per heavy atom. The lowest BCUT2D eigenvalue weighted by Gasteiger charge is -2.25. The van der Waals surface area contributed by atoms with Crippen LogP contribution in [0.25, 0.3) is 0 Å². The molecular formula is C14H14Br2N2O2S. The van der Waals surface area contributed by atoms with Crippen LogP contribution in [0.4, 0.5) is 0 Å². The van der Waals surface area contributed by atoms with E-state index < -0.39 is 10.0 Å². The summed E-state index contributed by atoms with van der Waals surface area (Å²) in [5.41, 5.74) is 0.893. The van der Waals surface area contributed by atoms with Crippen molar-refractivity contribution in [3.8, 4) is 0 Å². The van der Waals surface area contributed by atoms with Crippen molar-refractivity contribution in [2.75, 3.05) is 7.05 Å². The standard InChI is InChI=1S/C14H14Br2N2O2S/c1-10(11-5-7-17-8-6-11)18(2)21(19,20)14-4-3-12(15)9-13(14)16/h3-10H,1-2H3. The molecule has 4 nitrogen and oxygen atoms in total. The van der Waals surface area contributed by atoms with Gasteiger partial charge < -0.3 is 0 Å². The van der Waals surface area contributed by atoms with Crippen LogP contribution in [0.5, 0.6) is 0 Å². The first kappa shape index (κ1) is 16.6. The Balaban J connectivity index is 2.39. The zero-order valence-corrected chi connectivity index (χ0v) is 15.5. The van der Waals surface area contributed by atoms with Gasteiger partial charge in [0.25, 0.3) is 0 Å². The molecule has 0 N–H and O–H groups in total. The fraction of sp³-hybridized carbons (Fsp3) is 0.214. The van der Waals surface area contributed by atoms with Crippen LogP contribution in [-0.2, 0) is 10.0 Å². The zero-order valence-electron chi connectivity index (χ0n) is 11.5. The topological polar surface area (TPSA) is 50.3 Å². The molecule has 2 rings (SSSR count). The number of hydrogen-bond donors (Lipinski definition) is 0. The monoisotopic (exact) mass is 432 g/mol. The zero-order chi connectivity index (χ0) is 15.6. The molecule has 0 radical (unpaired) electrons. The number of aromatic nitrogens is 1. The molecule has 1 atom stereocenters. The normalized spacial score (nSPS) is 13.4. The minimum absolute atomic E-state index is 0.245. The Hall–Kier alpha value is -0.760.